The topological polar surface area (TPSA) is 107 Å². The lowest BCUT2D eigenvalue weighted by atomic mass is 10.0. The van der Waals surface area contributed by atoms with Crippen LogP contribution in [0.15, 0.2) is 66.7 Å². The van der Waals surface area contributed by atoms with Crippen molar-refractivity contribution in [2.45, 2.75) is 6.92 Å². The van der Waals surface area contributed by atoms with Crippen molar-refractivity contribution in [3.05, 3.63) is 88.1 Å². The van der Waals surface area contributed by atoms with E-state index in [1.807, 2.05) is 55.5 Å². The molecular formula is C23H18N4O4. The molecule has 8 heteroatoms. The third-order valence-corrected chi connectivity index (χ3v) is 4.77. The van der Waals surface area contributed by atoms with E-state index in [4.69, 9.17) is 4.74 Å². The van der Waals surface area contributed by atoms with Crippen LogP contribution in [0.4, 0.5) is 17.3 Å². The van der Waals surface area contributed by atoms with Gasteiger partial charge >= 0.3 is 5.97 Å². The third kappa shape index (κ3) is 4.18. The van der Waals surface area contributed by atoms with Crippen molar-refractivity contribution in [3.63, 3.8) is 0 Å². The molecule has 0 spiro atoms. The quantitative estimate of drug-likeness (QED) is 0.277. The molecule has 0 saturated heterocycles. The number of nitrogens with one attached hydrogen (secondary N) is 1. The number of aromatic nitrogens is 2. The summed E-state index contributed by atoms with van der Waals surface area (Å²) in [6.07, 6.45) is 0. The number of carbonyl (C=O) groups is 1. The van der Waals surface area contributed by atoms with E-state index < -0.39 is 10.9 Å². The van der Waals surface area contributed by atoms with Crippen LogP contribution in [0.3, 0.4) is 0 Å². The first-order valence-electron chi connectivity index (χ1n) is 9.43. The lowest BCUT2D eigenvalue weighted by Crippen LogP contribution is -2.08. The predicted octanol–water partition coefficient (Wildman–Crippen LogP) is 5.04. The number of nitro benzene ring substituents is 1. The lowest BCUT2D eigenvalue weighted by Gasteiger charge is -2.12. The molecule has 0 bridgehead atoms. The average molecular weight is 414 g/mol. The highest BCUT2D eigenvalue weighted by molar-refractivity contribution is 5.97. The van der Waals surface area contributed by atoms with Gasteiger partial charge in [0.2, 0.25) is 5.95 Å². The number of carbonyl (C=O) groups excluding carboxylic acids is 1. The summed E-state index contributed by atoms with van der Waals surface area (Å²) < 4.78 is 4.76. The molecule has 31 heavy (non-hydrogen) atoms. The van der Waals surface area contributed by atoms with Crippen LogP contribution in [0.1, 0.15) is 16.1 Å². The van der Waals surface area contributed by atoms with Crippen LogP contribution in [-0.4, -0.2) is 28.0 Å². The number of ether oxygens (including phenoxy) is 1. The van der Waals surface area contributed by atoms with Gasteiger partial charge in [0, 0.05) is 23.4 Å². The SMILES string of the molecule is COC(=O)c1cc([N+](=O)[O-])ccc1Nc1nc(C)cc(-c2ccc3ccccc3c2)n1. The van der Waals surface area contributed by atoms with Gasteiger partial charge in [-0.25, -0.2) is 14.8 Å². The van der Waals surface area contributed by atoms with Gasteiger partial charge in [-0.15, -0.1) is 0 Å². The number of methoxy groups -OCH3 is 1. The highest BCUT2D eigenvalue weighted by Gasteiger charge is 2.18. The molecule has 0 aliphatic heterocycles. The minimum absolute atomic E-state index is 0.0223. The maximum atomic E-state index is 12.2. The number of hydrogen-bond donors (Lipinski definition) is 1. The van der Waals surface area contributed by atoms with Crippen LogP contribution in [0.5, 0.6) is 0 Å². The number of esters is 1. The summed E-state index contributed by atoms with van der Waals surface area (Å²) >= 11 is 0. The van der Waals surface area contributed by atoms with Crippen molar-refractivity contribution < 1.29 is 14.5 Å². The number of benzene rings is 3. The average Bonchev–Trinajstić information content (AvgIpc) is 2.78. The molecule has 3 aromatic carbocycles. The van der Waals surface area contributed by atoms with E-state index in [1.165, 1.54) is 19.2 Å². The van der Waals surface area contributed by atoms with Gasteiger partial charge < -0.3 is 10.1 Å². The number of rotatable bonds is 5. The normalized spacial score (nSPS) is 10.6. The summed E-state index contributed by atoms with van der Waals surface area (Å²) in [5.41, 5.74) is 2.48. The van der Waals surface area contributed by atoms with Crippen molar-refractivity contribution in [1.29, 1.82) is 0 Å². The van der Waals surface area contributed by atoms with E-state index in [0.29, 0.717) is 11.4 Å². The summed E-state index contributed by atoms with van der Waals surface area (Å²) in [4.78, 5) is 31.6. The Morgan fingerprint density at radius 3 is 2.52 bits per heavy atom. The standard InChI is InChI=1S/C23H18N4O4/c1-14-11-21(17-8-7-15-5-3-4-6-16(15)12-17)26-23(24-14)25-20-10-9-18(27(29)30)13-19(20)22(28)31-2/h3-13H,1-2H3,(H,24,25,26). The molecule has 1 N–H and O–H groups in total. The number of aryl methyl sites for hydroxylation is 1. The number of nitro groups is 1. The molecular weight excluding hydrogens is 396 g/mol. The fraction of sp³-hybridized carbons (Fsp3) is 0.0870. The Hall–Kier alpha value is -4.33. The van der Waals surface area contributed by atoms with Gasteiger partial charge in [-0.3, -0.25) is 10.1 Å². The second-order valence-corrected chi connectivity index (χ2v) is 6.88. The molecule has 1 heterocycles. The van der Waals surface area contributed by atoms with Gasteiger partial charge in [-0.05, 0) is 35.9 Å². The molecule has 4 aromatic rings. The van der Waals surface area contributed by atoms with E-state index in [-0.39, 0.29) is 17.2 Å². The van der Waals surface area contributed by atoms with Crippen molar-refractivity contribution in [2.75, 3.05) is 12.4 Å². The van der Waals surface area contributed by atoms with Gasteiger partial charge in [0.1, 0.15) is 0 Å². The first kappa shape index (κ1) is 20.0. The Morgan fingerprint density at radius 2 is 1.77 bits per heavy atom. The molecule has 0 amide bonds. The van der Waals surface area contributed by atoms with Gasteiger partial charge in [0.15, 0.2) is 0 Å². The molecule has 0 aliphatic rings. The highest BCUT2D eigenvalue weighted by atomic mass is 16.6. The molecule has 154 valence electrons. The van der Waals surface area contributed by atoms with E-state index in [9.17, 15) is 14.9 Å². The zero-order chi connectivity index (χ0) is 22.0. The Balaban J connectivity index is 1.74. The molecule has 8 nitrogen and oxygen atoms in total. The molecule has 1 aromatic heterocycles. The predicted molar refractivity (Wildman–Crippen MR) is 117 cm³/mol. The summed E-state index contributed by atoms with van der Waals surface area (Å²) in [5.74, 6) is -0.434. The number of non-ortho nitro benzene ring substituents is 1. The third-order valence-electron chi connectivity index (χ3n) is 4.77. The molecule has 0 radical (unpaired) electrons. The van der Waals surface area contributed by atoms with Crippen LogP contribution in [0.25, 0.3) is 22.0 Å². The first-order valence-corrected chi connectivity index (χ1v) is 9.43. The van der Waals surface area contributed by atoms with Gasteiger partial charge in [-0.2, -0.15) is 0 Å². The maximum Gasteiger partial charge on any atom is 0.340 e. The highest BCUT2D eigenvalue weighted by Crippen LogP contribution is 2.28. The zero-order valence-corrected chi connectivity index (χ0v) is 16.8. The second kappa shape index (κ2) is 8.19. The van der Waals surface area contributed by atoms with Gasteiger partial charge in [0.25, 0.3) is 5.69 Å². The van der Waals surface area contributed by atoms with Crippen molar-refractivity contribution in [3.8, 4) is 11.3 Å². The summed E-state index contributed by atoms with van der Waals surface area (Å²) in [7, 11) is 1.21. The fourth-order valence-corrected chi connectivity index (χ4v) is 3.28. The Bertz CT molecular complexity index is 1320. The monoisotopic (exact) mass is 414 g/mol. The van der Waals surface area contributed by atoms with Crippen molar-refractivity contribution in [2.24, 2.45) is 0 Å². The maximum absolute atomic E-state index is 12.2. The Morgan fingerprint density at radius 1 is 1.00 bits per heavy atom. The summed E-state index contributed by atoms with van der Waals surface area (Å²) in [6, 6.07) is 19.9. The summed E-state index contributed by atoms with van der Waals surface area (Å²) in [6.45, 7) is 1.84. The molecule has 0 saturated carbocycles. The minimum Gasteiger partial charge on any atom is -0.465 e. The smallest absolute Gasteiger partial charge is 0.340 e. The molecule has 0 fully saturated rings. The number of nitrogens with zero attached hydrogens (tertiary/aromatic N) is 3. The molecule has 4 rings (SSSR count). The van der Waals surface area contributed by atoms with E-state index in [0.717, 1.165) is 28.1 Å². The second-order valence-electron chi connectivity index (χ2n) is 6.88. The van der Waals surface area contributed by atoms with E-state index in [2.05, 4.69) is 15.3 Å². The van der Waals surface area contributed by atoms with Crippen LogP contribution in [-0.2, 0) is 4.74 Å². The molecule has 0 unspecified atom stereocenters. The van der Waals surface area contributed by atoms with Gasteiger partial charge in [0.05, 0.1) is 29.0 Å². The van der Waals surface area contributed by atoms with Crippen molar-refractivity contribution in [1.82, 2.24) is 9.97 Å². The van der Waals surface area contributed by atoms with E-state index in [1.54, 1.807) is 0 Å². The van der Waals surface area contributed by atoms with E-state index >= 15 is 0 Å². The Labute approximate surface area is 177 Å². The number of hydrogen-bond acceptors (Lipinski definition) is 7. The summed E-state index contributed by atoms with van der Waals surface area (Å²) in [5, 5.41) is 16.3. The van der Waals surface area contributed by atoms with Crippen LogP contribution in [0, 0.1) is 17.0 Å². The first-order chi connectivity index (χ1) is 14.9. The lowest BCUT2D eigenvalue weighted by molar-refractivity contribution is -0.384. The number of anilines is 2. The molecule has 0 atom stereocenters. The van der Waals surface area contributed by atoms with Crippen LogP contribution in [0.2, 0.25) is 0 Å². The zero-order valence-electron chi connectivity index (χ0n) is 16.8. The Kier molecular flexibility index (Phi) is 5.28. The number of fused-ring (bicyclic) bond motifs is 1. The largest absolute Gasteiger partial charge is 0.465 e. The minimum atomic E-state index is -0.700. The van der Waals surface area contributed by atoms with Crippen LogP contribution >= 0.6 is 0 Å². The van der Waals surface area contributed by atoms with Crippen LogP contribution < -0.4 is 5.32 Å². The van der Waals surface area contributed by atoms with Gasteiger partial charge in [-0.1, -0.05) is 36.4 Å². The fourth-order valence-electron chi connectivity index (χ4n) is 3.28. The van der Waals surface area contributed by atoms with Crippen molar-refractivity contribution >= 4 is 34.1 Å². The molecule has 0 aliphatic carbocycles.